The van der Waals surface area contributed by atoms with Crippen molar-refractivity contribution in [2.45, 2.75) is 44.4 Å². The van der Waals surface area contributed by atoms with E-state index in [0.29, 0.717) is 0 Å². The minimum Gasteiger partial charge on any atom is -0.389 e. The summed E-state index contributed by atoms with van der Waals surface area (Å²) < 4.78 is 13.0. The Labute approximate surface area is 126 Å². The smallest absolute Gasteiger partial charge is 0.123 e. The summed E-state index contributed by atoms with van der Waals surface area (Å²) in [5.41, 5.74) is 0.827. The quantitative estimate of drug-likeness (QED) is 0.922. The van der Waals surface area contributed by atoms with Crippen LogP contribution in [0.3, 0.4) is 0 Å². The first-order chi connectivity index (χ1) is 9.86. The van der Waals surface area contributed by atoms with Crippen LogP contribution < -0.4 is 0 Å². The lowest BCUT2D eigenvalue weighted by molar-refractivity contribution is -0.0218. The number of nitrogens with zero attached hydrogens (tertiary/aromatic N) is 2. The van der Waals surface area contributed by atoms with E-state index < -0.39 is 5.60 Å². The van der Waals surface area contributed by atoms with Crippen LogP contribution in [-0.4, -0.2) is 52.2 Å². The van der Waals surface area contributed by atoms with Gasteiger partial charge in [0.05, 0.1) is 5.60 Å². The molecule has 1 aromatic carbocycles. The maximum Gasteiger partial charge on any atom is 0.123 e. The van der Waals surface area contributed by atoms with Crippen molar-refractivity contribution in [3.63, 3.8) is 0 Å². The van der Waals surface area contributed by atoms with E-state index in [0.717, 1.165) is 32.7 Å². The summed E-state index contributed by atoms with van der Waals surface area (Å²) >= 11 is 0. The van der Waals surface area contributed by atoms with Crippen molar-refractivity contribution in [2.24, 2.45) is 0 Å². The molecule has 0 bridgehead atoms. The van der Waals surface area contributed by atoms with Gasteiger partial charge in [-0.1, -0.05) is 12.1 Å². The van der Waals surface area contributed by atoms with Gasteiger partial charge in [0.15, 0.2) is 0 Å². The van der Waals surface area contributed by atoms with Crippen LogP contribution in [0.25, 0.3) is 0 Å². The van der Waals surface area contributed by atoms with E-state index in [-0.39, 0.29) is 11.4 Å². The Morgan fingerprint density at radius 1 is 1.19 bits per heavy atom. The van der Waals surface area contributed by atoms with Crippen LogP contribution in [0.2, 0.25) is 0 Å². The van der Waals surface area contributed by atoms with Gasteiger partial charge in [-0.05, 0) is 44.4 Å². The Morgan fingerprint density at radius 2 is 1.86 bits per heavy atom. The molecular weight excluding hydrogens is 267 g/mol. The maximum atomic E-state index is 13.0. The fourth-order valence-electron chi connectivity index (χ4n) is 3.73. The van der Waals surface area contributed by atoms with Gasteiger partial charge in [0.1, 0.15) is 5.82 Å². The number of hydrogen-bond donors (Lipinski definition) is 1. The van der Waals surface area contributed by atoms with Crippen molar-refractivity contribution in [1.29, 1.82) is 0 Å². The third-order valence-electron chi connectivity index (χ3n) is 4.83. The number of benzene rings is 1. The molecule has 2 aliphatic heterocycles. The molecule has 1 unspecified atom stereocenters. The monoisotopic (exact) mass is 292 g/mol. The van der Waals surface area contributed by atoms with E-state index in [1.54, 1.807) is 0 Å². The van der Waals surface area contributed by atoms with Crippen LogP contribution in [0.4, 0.5) is 4.39 Å². The Morgan fingerprint density at radius 3 is 2.43 bits per heavy atom. The zero-order valence-electron chi connectivity index (χ0n) is 13.0. The molecular formula is C17H25FN2O. The SMILES string of the molecule is CC(C)(O)CN1CCC2(CCN2Cc2ccc(F)cc2)C1. The standard InChI is InChI=1S/C17H25FN2O/c1-16(2,21)12-19-9-7-17(13-19)8-10-20(17)11-14-3-5-15(18)6-4-14/h3-6,21H,7-13H2,1-2H3. The summed E-state index contributed by atoms with van der Waals surface area (Å²) in [7, 11) is 0. The second kappa shape index (κ2) is 5.34. The summed E-state index contributed by atoms with van der Waals surface area (Å²) in [5.74, 6) is -0.172. The van der Waals surface area contributed by atoms with Gasteiger partial charge in [-0.25, -0.2) is 4.39 Å². The van der Waals surface area contributed by atoms with Crippen LogP contribution >= 0.6 is 0 Å². The molecule has 21 heavy (non-hydrogen) atoms. The lowest BCUT2D eigenvalue weighted by atomic mass is 9.83. The van der Waals surface area contributed by atoms with Gasteiger partial charge in [-0.2, -0.15) is 0 Å². The van der Waals surface area contributed by atoms with Gasteiger partial charge in [0, 0.05) is 38.3 Å². The number of likely N-dealkylation sites (tertiary alicyclic amines) is 2. The van der Waals surface area contributed by atoms with Crippen LogP contribution in [0.15, 0.2) is 24.3 Å². The first-order valence-electron chi connectivity index (χ1n) is 7.81. The van der Waals surface area contributed by atoms with E-state index in [2.05, 4.69) is 9.80 Å². The minimum absolute atomic E-state index is 0.172. The highest BCUT2D eigenvalue weighted by atomic mass is 19.1. The van der Waals surface area contributed by atoms with Crippen LogP contribution in [-0.2, 0) is 6.54 Å². The molecule has 2 saturated heterocycles. The van der Waals surface area contributed by atoms with Crippen LogP contribution in [0.5, 0.6) is 0 Å². The summed E-state index contributed by atoms with van der Waals surface area (Å²) in [4.78, 5) is 4.89. The van der Waals surface area contributed by atoms with Gasteiger partial charge >= 0.3 is 0 Å². The van der Waals surface area contributed by atoms with E-state index in [4.69, 9.17) is 0 Å². The topological polar surface area (TPSA) is 26.7 Å². The zero-order chi connectivity index (χ0) is 15.1. The van der Waals surface area contributed by atoms with Gasteiger partial charge in [-0.3, -0.25) is 9.80 Å². The van der Waals surface area contributed by atoms with Crippen molar-refractivity contribution < 1.29 is 9.50 Å². The fourth-order valence-corrected chi connectivity index (χ4v) is 3.73. The molecule has 1 N–H and O–H groups in total. The van der Waals surface area contributed by atoms with Crippen molar-refractivity contribution in [1.82, 2.24) is 9.80 Å². The molecule has 0 radical (unpaired) electrons. The zero-order valence-corrected chi connectivity index (χ0v) is 13.0. The summed E-state index contributed by atoms with van der Waals surface area (Å²) in [6.45, 7) is 8.59. The molecule has 4 heteroatoms. The summed E-state index contributed by atoms with van der Waals surface area (Å²) in [5, 5.41) is 9.98. The number of hydrogen-bond acceptors (Lipinski definition) is 3. The molecule has 116 valence electrons. The molecule has 0 aliphatic carbocycles. The van der Waals surface area contributed by atoms with E-state index in [9.17, 15) is 9.50 Å². The van der Waals surface area contributed by atoms with Gasteiger partial charge in [0.2, 0.25) is 0 Å². The normalized spacial score (nSPS) is 27.2. The molecule has 1 spiro atoms. The molecule has 1 aromatic rings. The predicted octanol–water partition coefficient (Wildman–Crippen LogP) is 2.25. The Kier molecular flexibility index (Phi) is 3.80. The number of aliphatic hydroxyl groups is 1. The molecule has 1 atom stereocenters. The lowest BCUT2D eigenvalue weighted by Crippen LogP contribution is -2.60. The molecule has 2 aliphatic rings. The number of β-amino-alcohol motifs (C(OH)–C–C–N with tert-alkyl or cyclic N) is 1. The average molecular weight is 292 g/mol. The van der Waals surface area contributed by atoms with Crippen molar-refractivity contribution in [2.75, 3.05) is 26.2 Å². The first kappa shape index (κ1) is 14.9. The Bertz CT molecular complexity index is 497. The minimum atomic E-state index is -0.628. The molecule has 0 amide bonds. The third kappa shape index (κ3) is 3.28. The molecule has 2 fully saturated rings. The molecule has 0 aromatic heterocycles. The summed E-state index contributed by atoms with van der Waals surface area (Å²) in [6.07, 6.45) is 2.40. The average Bonchev–Trinajstić information content (AvgIpc) is 2.81. The summed E-state index contributed by atoms with van der Waals surface area (Å²) in [6, 6.07) is 6.84. The number of halogens is 1. The number of rotatable bonds is 4. The van der Waals surface area contributed by atoms with Gasteiger partial charge < -0.3 is 5.11 Å². The van der Waals surface area contributed by atoms with Gasteiger partial charge in [0.25, 0.3) is 0 Å². The van der Waals surface area contributed by atoms with Crippen LogP contribution in [0.1, 0.15) is 32.3 Å². The predicted molar refractivity (Wildman–Crippen MR) is 81.5 cm³/mol. The van der Waals surface area contributed by atoms with Crippen molar-refractivity contribution in [3.8, 4) is 0 Å². The van der Waals surface area contributed by atoms with Crippen LogP contribution in [0, 0.1) is 5.82 Å². The molecule has 3 nitrogen and oxygen atoms in total. The highest BCUT2D eigenvalue weighted by Crippen LogP contribution is 2.40. The molecule has 0 saturated carbocycles. The lowest BCUT2D eigenvalue weighted by Gasteiger charge is -2.51. The van der Waals surface area contributed by atoms with E-state index in [1.165, 1.54) is 30.5 Å². The van der Waals surface area contributed by atoms with Crippen molar-refractivity contribution >= 4 is 0 Å². The molecule has 2 heterocycles. The third-order valence-corrected chi connectivity index (χ3v) is 4.83. The second-order valence-corrected chi connectivity index (χ2v) is 7.30. The molecule has 3 rings (SSSR count). The van der Waals surface area contributed by atoms with Crippen molar-refractivity contribution in [3.05, 3.63) is 35.6 Å². The van der Waals surface area contributed by atoms with E-state index >= 15 is 0 Å². The highest BCUT2D eigenvalue weighted by molar-refractivity contribution is 5.18. The highest BCUT2D eigenvalue weighted by Gasteiger charge is 2.49. The van der Waals surface area contributed by atoms with Gasteiger partial charge in [-0.15, -0.1) is 0 Å². The fraction of sp³-hybridized carbons (Fsp3) is 0.647. The first-order valence-corrected chi connectivity index (χ1v) is 7.81. The Balaban J connectivity index is 1.60. The second-order valence-electron chi connectivity index (χ2n) is 7.30. The largest absolute Gasteiger partial charge is 0.389 e. The Hall–Kier alpha value is -0.970. The van der Waals surface area contributed by atoms with E-state index in [1.807, 2.05) is 26.0 Å². The maximum absolute atomic E-state index is 13.0.